The van der Waals surface area contributed by atoms with Crippen LogP contribution in [0, 0.1) is 5.82 Å². The van der Waals surface area contributed by atoms with Gasteiger partial charge in [0.05, 0.1) is 16.4 Å². The summed E-state index contributed by atoms with van der Waals surface area (Å²) in [6.45, 7) is 0. The fourth-order valence-electron chi connectivity index (χ4n) is 1.48. The summed E-state index contributed by atoms with van der Waals surface area (Å²) in [7, 11) is -1.77. The van der Waals surface area contributed by atoms with Gasteiger partial charge in [-0.3, -0.25) is 0 Å². The molecule has 0 bridgehead atoms. The van der Waals surface area contributed by atoms with Gasteiger partial charge in [-0.15, -0.1) is 0 Å². The van der Waals surface area contributed by atoms with Crippen molar-refractivity contribution in [1.82, 2.24) is 0 Å². The highest BCUT2D eigenvalue weighted by Gasteiger charge is 2.30. The van der Waals surface area contributed by atoms with Crippen LogP contribution in [0.3, 0.4) is 0 Å². The molecule has 1 nitrogen and oxygen atoms in total. The van der Waals surface area contributed by atoms with Crippen LogP contribution in [0.25, 0.3) is 0 Å². The van der Waals surface area contributed by atoms with E-state index in [-0.39, 0.29) is 9.79 Å². The monoisotopic (exact) mass is 288 g/mol. The van der Waals surface area contributed by atoms with E-state index >= 15 is 0 Å². The lowest BCUT2D eigenvalue weighted by Crippen LogP contribution is -2.05. The quantitative estimate of drug-likeness (QED) is 0.763. The van der Waals surface area contributed by atoms with E-state index in [0.29, 0.717) is 0 Å². The predicted octanol–water partition coefficient (Wildman–Crippen LogP) is 4.01. The molecule has 0 aliphatic carbocycles. The highest BCUT2D eigenvalue weighted by molar-refractivity contribution is 7.85. The molecule has 0 aromatic heterocycles. The topological polar surface area (TPSA) is 17.1 Å². The van der Waals surface area contributed by atoms with E-state index in [1.807, 2.05) is 0 Å². The Morgan fingerprint density at radius 1 is 0.895 bits per heavy atom. The van der Waals surface area contributed by atoms with Crippen molar-refractivity contribution in [3.05, 3.63) is 59.9 Å². The summed E-state index contributed by atoms with van der Waals surface area (Å²) in [4.78, 5) is 0.280. The zero-order chi connectivity index (χ0) is 14.0. The third kappa shape index (κ3) is 3.20. The second kappa shape index (κ2) is 5.13. The molecule has 6 heteroatoms. The van der Waals surface area contributed by atoms with Crippen molar-refractivity contribution in [1.29, 1.82) is 0 Å². The molecule has 0 heterocycles. The summed E-state index contributed by atoms with van der Waals surface area (Å²) < 4.78 is 62.4. The number of hydrogen-bond donors (Lipinski definition) is 0. The fourth-order valence-corrected chi connectivity index (χ4v) is 2.57. The van der Waals surface area contributed by atoms with E-state index in [2.05, 4.69) is 0 Å². The molecule has 0 fully saturated rings. The molecular weight excluding hydrogens is 280 g/mol. The van der Waals surface area contributed by atoms with Crippen LogP contribution in [-0.2, 0) is 17.0 Å². The summed E-state index contributed by atoms with van der Waals surface area (Å²) in [6, 6.07) is 9.07. The Balaban J connectivity index is 2.37. The van der Waals surface area contributed by atoms with Gasteiger partial charge in [-0.1, -0.05) is 6.07 Å². The van der Waals surface area contributed by atoms with Crippen LogP contribution in [0.4, 0.5) is 17.6 Å². The first-order valence-electron chi connectivity index (χ1n) is 5.22. The van der Waals surface area contributed by atoms with Gasteiger partial charge in [0.2, 0.25) is 0 Å². The maximum Gasteiger partial charge on any atom is 0.416 e. The largest absolute Gasteiger partial charge is 0.416 e. The van der Waals surface area contributed by atoms with Crippen molar-refractivity contribution in [2.45, 2.75) is 16.0 Å². The second-order valence-corrected chi connectivity index (χ2v) is 5.23. The molecule has 0 radical (unpaired) electrons. The maximum atomic E-state index is 12.7. The highest BCUT2D eigenvalue weighted by atomic mass is 32.2. The van der Waals surface area contributed by atoms with E-state index in [1.54, 1.807) is 0 Å². The Hall–Kier alpha value is -1.69. The maximum absolute atomic E-state index is 12.7. The molecule has 0 amide bonds. The van der Waals surface area contributed by atoms with Crippen LogP contribution >= 0.6 is 0 Å². The van der Waals surface area contributed by atoms with Crippen molar-refractivity contribution >= 4 is 10.8 Å². The molecule has 0 N–H and O–H groups in total. The minimum Gasteiger partial charge on any atom is -0.249 e. The molecule has 2 aromatic rings. The third-order valence-electron chi connectivity index (χ3n) is 2.40. The smallest absolute Gasteiger partial charge is 0.249 e. The Labute approximate surface area is 109 Å². The van der Waals surface area contributed by atoms with Crippen LogP contribution in [-0.4, -0.2) is 4.21 Å². The highest BCUT2D eigenvalue weighted by Crippen LogP contribution is 2.30. The molecule has 2 rings (SSSR count). The van der Waals surface area contributed by atoms with Crippen molar-refractivity contribution in [2.24, 2.45) is 0 Å². The molecule has 0 aliphatic rings. The van der Waals surface area contributed by atoms with Crippen molar-refractivity contribution in [3.8, 4) is 0 Å². The number of halogens is 4. The standard InChI is InChI=1S/C13H8F4OS/c14-10-4-6-11(7-5-10)19(18)12-3-1-2-9(8-12)13(15,16)17/h1-8H. The van der Waals surface area contributed by atoms with Crippen LogP contribution in [0.2, 0.25) is 0 Å². The molecule has 2 aromatic carbocycles. The second-order valence-electron chi connectivity index (χ2n) is 3.75. The lowest BCUT2D eigenvalue weighted by Gasteiger charge is -2.08. The molecular formula is C13H8F4OS. The van der Waals surface area contributed by atoms with Gasteiger partial charge in [0, 0.05) is 9.79 Å². The molecule has 0 saturated heterocycles. The lowest BCUT2D eigenvalue weighted by atomic mass is 10.2. The van der Waals surface area contributed by atoms with Gasteiger partial charge in [0.1, 0.15) is 5.82 Å². The van der Waals surface area contributed by atoms with Gasteiger partial charge in [0.15, 0.2) is 0 Å². The van der Waals surface area contributed by atoms with E-state index in [4.69, 9.17) is 0 Å². The van der Waals surface area contributed by atoms with Gasteiger partial charge >= 0.3 is 6.18 Å². The summed E-state index contributed by atoms with van der Waals surface area (Å²) in [6.07, 6.45) is -4.48. The fraction of sp³-hybridized carbons (Fsp3) is 0.0769. The molecule has 19 heavy (non-hydrogen) atoms. The first kappa shape index (κ1) is 13.7. The molecule has 100 valence electrons. The van der Waals surface area contributed by atoms with Crippen LogP contribution in [0.5, 0.6) is 0 Å². The lowest BCUT2D eigenvalue weighted by molar-refractivity contribution is -0.137. The SMILES string of the molecule is O=S(c1ccc(F)cc1)c1cccc(C(F)(F)F)c1. The van der Waals surface area contributed by atoms with Gasteiger partial charge in [-0.2, -0.15) is 13.2 Å². The van der Waals surface area contributed by atoms with Crippen molar-refractivity contribution < 1.29 is 21.8 Å². The predicted molar refractivity (Wildman–Crippen MR) is 62.5 cm³/mol. The molecule has 1 atom stereocenters. The minimum atomic E-state index is -4.48. The number of benzene rings is 2. The zero-order valence-electron chi connectivity index (χ0n) is 9.45. The van der Waals surface area contributed by atoms with Gasteiger partial charge in [-0.05, 0) is 42.5 Å². The van der Waals surface area contributed by atoms with E-state index in [9.17, 15) is 21.8 Å². The summed E-state index contributed by atoms with van der Waals surface area (Å²) >= 11 is 0. The third-order valence-corrected chi connectivity index (χ3v) is 3.79. The van der Waals surface area contributed by atoms with E-state index in [1.165, 1.54) is 24.3 Å². The summed E-state index contributed by atoms with van der Waals surface area (Å²) in [5.41, 5.74) is -0.861. The molecule has 0 aliphatic heterocycles. The Morgan fingerprint density at radius 2 is 1.53 bits per heavy atom. The van der Waals surface area contributed by atoms with Crippen LogP contribution in [0.15, 0.2) is 58.3 Å². The Bertz CT molecular complexity index is 605. The average molecular weight is 288 g/mol. The van der Waals surface area contributed by atoms with Crippen LogP contribution in [0.1, 0.15) is 5.56 Å². The molecule has 1 unspecified atom stereocenters. The normalized spacial score (nSPS) is 13.3. The Kier molecular flexibility index (Phi) is 3.71. The summed E-state index contributed by atoms with van der Waals surface area (Å²) in [5, 5.41) is 0. The van der Waals surface area contributed by atoms with Gasteiger partial charge in [0.25, 0.3) is 0 Å². The van der Waals surface area contributed by atoms with Gasteiger partial charge < -0.3 is 0 Å². The number of hydrogen-bond acceptors (Lipinski definition) is 1. The van der Waals surface area contributed by atoms with E-state index in [0.717, 1.165) is 24.3 Å². The minimum absolute atomic E-state index is 0.0291. The Morgan fingerprint density at radius 3 is 2.11 bits per heavy atom. The van der Waals surface area contributed by atoms with E-state index < -0.39 is 28.4 Å². The number of rotatable bonds is 2. The first-order valence-corrected chi connectivity index (χ1v) is 6.37. The average Bonchev–Trinajstić information content (AvgIpc) is 2.38. The first-order chi connectivity index (χ1) is 8.88. The van der Waals surface area contributed by atoms with Crippen molar-refractivity contribution in [3.63, 3.8) is 0 Å². The zero-order valence-corrected chi connectivity index (χ0v) is 10.3. The number of alkyl halides is 3. The summed E-state index contributed by atoms with van der Waals surface area (Å²) in [5.74, 6) is -0.496. The van der Waals surface area contributed by atoms with Gasteiger partial charge in [-0.25, -0.2) is 8.60 Å². The molecule has 0 spiro atoms. The molecule has 0 saturated carbocycles. The van der Waals surface area contributed by atoms with Crippen molar-refractivity contribution in [2.75, 3.05) is 0 Å². The van der Waals surface area contributed by atoms with Crippen LogP contribution < -0.4 is 0 Å².